The van der Waals surface area contributed by atoms with Crippen molar-refractivity contribution in [3.63, 3.8) is 0 Å². The number of hydrogen-bond donors (Lipinski definition) is 1. The number of likely N-dealkylation sites (tertiary alicyclic amines) is 1. The molecule has 0 radical (unpaired) electrons. The minimum atomic E-state index is -0.0286. The predicted octanol–water partition coefficient (Wildman–Crippen LogP) is 0.649. The number of halogens is 1. The van der Waals surface area contributed by atoms with Gasteiger partial charge in [0.2, 0.25) is 0 Å². The Balaban J connectivity index is 0.00000133. The van der Waals surface area contributed by atoms with E-state index in [2.05, 4.69) is 9.88 Å². The van der Waals surface area contributed by atoms with Crippen molar-refractivity contribution in [2.24, 2.45) is 5.73 Å². The van der Waals surface area contributed by atoms with Crippen molar-refractivity contribution in [2.45, 2.75) is 19.0 Å². The van der Waals surface area contributed by atoms with Crippen LogP contribution in [0.25, 0.3) is 5.65 Å². The summed E-state index contributed by atoms with van der Waals surface area (Å²) < 4.78 is 1.55. The molecule has 1 unspecified atom stereocenters. The van der Waals surface area contributed by atoms with Gasteiger partial charge in [0, 0.05) is 37.9 Å². The third-order valence-electron chi connectivity index (χ3n) is 3.32. The Morgan fingerprint density at radius 3 is 3.00 bits per heavy atom. The molecule has 1 atom stereocenters. The van der Waals surface area contributed by atoms with E-state index < -0.39 is 0 Å². The van der Waals surface area contributed by atoms with Crippen molar-refractivity contribution in [2.75, 3.05) is 13.1 Å². The quantitative estimate of drug-likeness (QED) is 0.877. The zero-order chi connectivity index (χ0) is 12.5. The molecule has 3 rings (SSSR count). The zero-order valence-corrected chi connectivity index (χ0v) is 11.3. The maximum atomic E-state index is 11.9. The lowest BCUT2D eigenvalue weighted by Gasteiger charge is -2.14. The molecule has 2 N–H and O–H groups in total. The summed E-state index contributed by atoms with van der Waals surface area (Å²) in [6.45, 7) is 2.57. The molecular formula is C13H17ClN4O. The highest BCUT2D eigenvalue weighted by molar-refractivity contribution is 5.85. The summed E-state index contributed by atoms with van der Waals surface area (Å²) in [4.78, 5) is 18.7. The largest absolute Gasteiger partial charge is 0.326 e. The Kier molecular flexibility index (Phi) is 4.19. The molecule has 2 aromatic heterocycles. The van der Waals surface area contributed by atoms with Gasteiger partial charge in [-0.3, -0.25) is 14.1 Å². The molecule has 5 nitrogen and oxygen atoms in total. The van der Waals surface area contributed by atoms with Crippen LogP contribution in [0, 0.1) is 0 Å². The van der Waals surface area contributed by atoms with E-state index in [1.54, 1.807) is 16.7 Å². The van der Waals surface area contributed by atoms with Crippen molar-refractivity contribution in [3.05, 3.63) is 46.5 Å². The van der Waals surface area contributed by atoms with Gasteiger partial charge in [-0.2, -0.15) is 0 Å². The van der Waals surface area contributed by atoms with Gasteiger partial charge in [0.15, 0.2) is 0 Å². The average Bonchev–Trinajstić information content (AvgIpc) is 2.75. The molecule has 1 fully saturated rings. The Bertz CT molecular complexity index is 627. The molecule has 0 saturated carbocycles. The van der Waals surface area contributed by atoms with Gasteiger partial charge < -0.3 is 5.73 Å². The molecule has 3 heterocycles. The summed E-state index contributed by atoms with van der Waals surface area (Å²) in [5.74, 6) is 0. The number of nitrogens with two attached hydrogens (primary N) is 1. The van der Waals surface area contributed by atoms with Crippen LogP contribution in [0.4, 0.5) is 0 Å². The van der Waals surface area contributed by atoms with Crippen molar-refractivity contribution < 1.29 is 0 Å². The van der Waals surface area contributed by atoms with Gasteiger partial charge in [-0.25, -0.2) is 4.98 Å². The van der Waals surface area contributed by atoms with Crippen molar-refractivity contribution in [1.29, 1.82) is 0 Å². The van der Waals surface area contributed by atoms with Crippen LogP contribution in [0.3, 0.4) is 0 Å². The van der Waals surface area contributed by atoms with Crippen LogP contribution in [0.1, 0.15) is 12.1 Å². The predicted molar refractivity (Wildman–Crippen MR) is 76.6 cm³/mol. The maximum Gasteiger partial charge on any atom is 0.258 e. The smallest absolute Gasteiger partial charge is 0.258 e. The first-order chi connectivity index (χ1) is 8.72. The molecule has 1 aliphatic rings. The Labute approximate surface area is 117 Å². The first kappa shape index (κ1) is 14.0. The minimum Gasteiger partial charge on any atom is -0.326 e. The molecule has 102 valence electrons. The maximum absolute atomic E-state index is 11.9. The number of hydrogen-bond acceptors (Lipinski definition) is 4. The third kappa shape index (κ3) is 2.94. The van der Waals surface area contributed by atoms with Crippen molar-refractivity contribution in [3.8, 4) is 0 Å². The molecule has 0 amide bonds. The monoisotopic (exact) mass is 280 g/mol. The third-order valence-corrected chi connectivity index (χ3v) is 3.32. The number of aromatic nitrogens is 2. The molecule has 1 saturated heterocycles. The van der Waals surface area contributed by atoms with E-state index in [0.29, 0.717) is 12.2 Å². The number of nitrogens with zero attached hydrogens (tertiary/aromatic N) is 3. The highest BCUT2D eigenvalue weighted by Crippen LogP contribution is 2.10. The van der Waals surface area contributed by atoms with E-state index >= 15 is 0 Å². The first-order valence-corrected chi connectivity index (χ1v) is 6.17. The molecule has 0 aromatic carbocycles. The van der Waals surface area contributed by atoms with E-state index in [0.717, 1.165) is 25.2 Å². The molecule has 19 heavy (non-hydrogen) atoms. The number of pyridine rings is 1. The van der Waals surface area contributed by atoms with Crippen LogP contribution < -0.4 is 11.3 Å². The van der Waals surface area contributed by atoms with E-state index in [9.17, 15) is 4.79 Å². The van der Waals surface area contributed by atoms with Gasteiger partial charge in [-0.05, 0) is 18.6 Å². The number of rotatable bonds is 2. The highest BCUT2D eigenvalue weighted by Gasteiger charge is 2.19. The second kappa shape index (κ2) is 5.69. The molecule has 0 bridgehead atoms. The molecule has 6 heteroatoms. The van der Waals surface area contributed by atoms with Gasteiger partial charge in [0.05, 0.1) is 5.69 Å². The van der Waals surface area contributed by atoms with Crippen molar-refractivity contribution >= 4 is 18.1 Å². The zero-order valence-electron chi connectivity index (χ0n) is 10.5. The fourth-order valence-electron chi connectivity index (χ4n) is 2.42. The molecule has 0 aliphatic carbocycles. The molecular weight excluding hydrogens is 264 g/mol. The summed E-state index contributed by atoms with van der Waals surface area (Å²) in [6, 6.07) is 7.43. The van der Waals surface area contributed by atoms with Crippen LogP contribution >= 0.6 is 12.4 Å². The second-order valence-electron chi connectivity index (χ2n) is 4.80. The van der Waals surface area contributed by atoms with E-state index in [4.69, 9.17) is 5.73 Å². The van der Waals surface area contributed by atoms with Gasteiger partial charge >= 0.3 is 0 Å². The fraction of sp³-hybridized carbons (Fsp3) is 0.385. The highest BCUT2D eigenvalue weighted by atomic mass is 35.5. The summed E-state index contributed by atoms with van der Waals surface area (Å²) in [5, 5.41) is 0. The van der Waals surface area contributed by atoms with Crippen LogP contribution in [-0.2, 0) is 6.54 Å². The Morgan fingerprint density at radius 2 is 2.26 bits per heavy atom. The standard InChI is InChI=1S/C13H16N4O.ClH/c14-10-4-6-16(8-10)9-11-7-13(18)17-5-2-1-3-12(17)15-11;/h1-3,5,7,10H,4,6,8-9,14H2;1H. The second-order valence-corrected chi connectivity index (χ2v) is 4.80. The Morgan fingerprint density at radius 1 is 1.42 bits per heavy atom. The fourth-order valence-corrected chi connectivity index (χ4v) is 2.42. The van der Waals surface area contributed by atoms with Crippen LogP contribution in [0.2, 0.25) is 0 Å². The first-order valence-electron chi connectivity index (χ1n) is 6.17. The normalized spacial score (nSPS) is 19.5. The number of fused-ring (bicyclic) bond motifs is 1. The lowest BCUT2D eigenvalue weighted by Crippen LogP contribution is -2.27. The van der Waals surface area contributed by atoms with Crippen molar-refractivity contribution in [1.82, 2.24) is 14.3 Å². The van der Waals surface area contributed by atoms with Crippen LogP contribution in [0.5, 0.6) is 0 Å². The average molecular weight is 281 g/mol. The van der Waals surface area contributed by atoms with Crippen LogP contribution in [0.15, 0.2) is 35.3 Å². The summed E-state index contributed by atoms with van der Waals surface area (Å²) in [6.07, 6.45) is 2.76. The topological polar surface area (TPSA) is 63.6 Å². The SMILES string of the molecule is Cl.NC1CCN(Cc2cc(=O)n3ccccc3n2)C1. The van der Waals surface area contributed by atoms with Crippen LogP contribution in [-0.4, -0.2) is 33.4 Å². The van der Waals surface area contributed by atoms with Gasteiger partial charge in [-0.15, -0.1) is 12.4 Å². The van der Waals surface area contributed by atoms with Gasteiger partial charge in [0.1, 0.15) is 5.65 Å². The van der Waals surface area contributed by atoms with Gasteiger partial charge in [0.25, 0.3) is 5.56 Å². The summed E-state index contributed by atoms with van der Waals surface area (Å²) in [7, 11) is 0. The van der Waals surface area contributed by atoms with Gasteiger partial charge in [-0.1, -0.05) is 6.07 Å². The molecule has 2 aromatic rings. The van der Waals surface area contributed by atoms with E-state index in [1.807, 2.05) is 18.2 Å². The Hall–Kier alpha value is -1.43. The molecule has 1 aliphatic heterocycles. The summed E-state index contributed by atoms with van der Waals surface area (Å²) in [5.41, 5.74) is 7.36. The minimum absolute atomic E-state index is 0. The summed E-state index contributed by atoms with van der Waals surface area (Å²) >= 11 is 0. The lowest BCUT2D eigenvalue weighted by molar-refractivity contribution is 0.323. The molecule has 0 spiro atoms. The van der Waals surface area contributed by atoms with E-state index in [-0.39, 0.29) is 24.0 Å². The lowest BCUT2D eigenvalue weighted by atomic mass is 10.3. The van der Waals surface area contributed by atoms with E-state index in [1.165, 1.54) is 0 Å².